The lowest BCUT2D eigenvalue weighted by atomic mass is 10.0. The standard InChI is InChI=1S/C20H23N3O5S/c1-12(2)13-4-5-14-15(10-13)29-20(22(14)9-8-19(27)28-3)21-16(24)11-23-17(25)6-7-18(23)26/h4-5,10,12H,6-9,11H2,1-3H3. The number of amides is 3. The van der Waals surface area contributed by atoms with Crippen LogP contribution in [0.1, 0.15) is 44.6 Å². The van der Waals surface area contributed by atoms with Gasteiger partial charge in [0.1, 0.15) is 6.54 Å². The van der Waals surface area contributed by atoms with E-state index in [0.717, 1.165) is 20.7 Å². The average Bonchev–Trinajstić information content (AvgIpc) is 3.19. The molecule has 1 aromatic heterocycles. The van der Waals surface area contributed by atoms with Crippen molar-refractivity contribution in [3.8, 4) is 0 Å². The van der Waals surface area contributed by atoms with Gasteiger partial charge in [-0.2, -0.15) is 4.99 Å². The maximum Gasteiger partial charge on any atom is 0.307 e. The van der Waals surface area contributed by atoms with E-state index < -0.39 is 5.91 Å². The van der Waals surface area contributed by atoms with Gasteiger partial charge in [-0.05, 0) is 23.6 Å². The summed E-state index contributed by atoms with van der Waals surface area (Å²) in [7, 11) is 1.33. The molecule has 1 aromatic carbocycles. The van der Waals surface area contributed by atoms with Crippen molar-refractivity contribution in [3.05, 3.63) is 28.6 Å². The Morgan fingerprint density at radius 2 is 1.90 bits per heavy atom. The molecule has 1 fully saturated rings. The van der Waals surface area contributed by atoms with Gasteiger partial charge in [-0.15, -0.1) is 0 Å². The number of thiazole rings is 1. The number of methoxy groups -OCH3 is 1. The van der Waals surface area contributed by atoms with Crippen LogP contribution in [-0.2, 0) is 30.5 Å². The highest BCUT2D eigenvalue weighted by atomic mass is 32.1. The van der Waals surface area contributed by atoms with Crippen molar-refractivity contribution >= 4 is 45.2 Å². The first kappa shape index (κ1) is 20.9. The number of nitrogens with zero attached hydrogens (tertiary/aromatic N) is 3. The van der Waals surface area contributed by atoms with Crippen LogP contribution in [0.25, 0.3) is 10.2 Å². The number of fused-ring (bicyclic) bond motifs is 1. The molecule has 0 aliphatic carbocycles. The minimum Gasteiger partial charge on any atom is -0.469 e. The minimum absolute atomic E-state index is 0.131. The Kier molecular flexibility index (Phi) is 6.26. The molecule has 0 atom stereocenters. The molecule has 0 N–H and O–H groups in total. The Labute approximate surface area is 171 Å². The number of ether oxygens (including phenoxy) is 1. The molecule has 154 valence electrons. The minimum atomic E-state index is -0.573. The van der Waals surface area contributed by atoms with Gasteiger partial charge in [-0.1, -0.05) is 31.3 Å². The summed E-state index contributed by atoms with van der Waals surface area (Å²) in [6.45, 7) is 4.14. The molecule has 8 nitrogen and oxygen atoms in total. The number of hydrogen-bond acceptors (Lipinski definition) is 6. The number of hydrogen-bond donors (Lipinski definition) is 0. The van der Waals surface area contributed by atoms with E-state index in [9.17, 15) is 19.2 Å². The maximum atomic E-state index is 12.4. The quantitative estimate of drug-likeness (QED) is 0.529. The summed E-state index contributed by atoms with van der Waals surface area (Å²) >= 11 is 1.34. The zero-order chi connectivity index (χ0) is 21.1. The van der Waals surface area contributed by atoms with Crippen molar-refractivity contribution in [2.45, 2.75) is 45.6 Å². The summed E-state index contributed by atoms with van der Waals surface area (Å²) in [4.78, 5) is 53.1. The van der Waals surface area contributed by atoms with E-state index in [4.69, 9.17) is 4.74 Å². The molecule has 3 rings (SSSR count). The van der Waals surface area contributed by atoms with Crippen LogP contribution < -0.4 is 4.80 Å². The van der Waals surface area contributed by atoms with E-state index in [0.29, 0.717) is 17.3 Å². The largest absolute Gasteiger partial charge is 0.469 e. The molecule has 2 heterocycles. The van der Waals surface area contributed by atoms with E-state index in [2.05, 4.69) is 24.9 Å². The monoisotopic (exact) mass is 417 g/mol. The van der Waals surface area contributed by atoms with Crippen LogP contribution in [0, 0.1) is 0 Å². The van der Waals surface area contributed by atoms with Crippen molar-refractivity contribution < 1.29 is 23.9 Å². The van der Waals surface area contributed by atoms with Crippen molar-refractivity contribution in [2.24, 2.45) is 4.99 Å². The van der Waals surface area contributed by atoms with Gasteiger partial charge in [-0.3, -0.25) is 24.1 Å². The fourth-order valence-corrected chi connectivity index (χ4v) is 4.25. The lowest BCUT2D eigenvalue weighted by molar-refractivity contribution is -0.142. The topological polar surface area (TPSA) is 98.0 Å². The molecule has 0 radical (unpaired) electrons. The first-order chi connectivity index (χ1) is 13.8. The van der Waals surface area contributed by atoms with Gasteiger partial charge in [0.25, 0.3) is 5.91 Å². The number of aryl methyl sites for hydroxylation is 1. The number of carbonyl (C=O) groups excluding carboxylic acids is 4. The number of rotatable bonds is 6. The van der Waals surface area contributed by atoms with Gasteiger partial charge in [0.05, 0.1) is 23.7 Å². The van der Waals surface area contributed by atoms with Crippen molar-refractivity contribution in [3.63, 3.8) is 0 Å². The van der Waals surface area contributed by atoms with Gasteiger partial charge in [0.15, 0.2) is 4.80 Å². The maximum absolute atomic E-state index is 12.4. The second kappa shape index (κ2) is 8.69. The number of aromatic nitrogens is 1. The lowest BCUT2D eigenvalue weighted by Crippen LogP contribution is -2.34. The Morgan fingerprint density at radius 1 is 1.21 bits per heavy atom. The first-order valence-electron chi connectivity index (χ1n) is 9.41. The first-order valence-corrected chi connectivity index (χ1v) is 10.2. The molecule has 9 heteroatoms. The van der Waals surface area contributed by atoms with E-state index in [1.807, 2.05) is 12.1 Å². The van der Waals surface area contributed by atoms with Crippen LogP contribution in [0.5, 0.6) is 0 Å². The summed E-state index contributed by atoms with van der Waals surface area (Å²) in [5.74, 6) is -1.29. The van der Waals surface area contributed by atoms with Crippen LogP contribution in [0.4, 0.5) is 0 Å². The van der Waals surface area contributed by atoms with Gasteiger partial charge in [0.2, 0.25) is 11.8 Å². The molecule has 0 bridgehead atoms. The van der Waals surface area contributed by atoms with E-state index in [-0.39, 0.29) is 43.6 Å². The molecule has 0 unspecified atom stereocenters. The number of benzene rings is 1. The van der Waals surface area contributed by atoms with Crippen LogP contribution in [0.3, 0.4) is 0 Å². The molecule has 3 amide bonds. The summed E-state index contributed by atoms with van der Waals surface area (Å²) in [6, 6.07) is 6.02. The summed E-state index contributed by atoms with van der Waals surface area (Å²) in [5, 5.41) is 0. The van der Waals surface area contributed by atoms with Gasteiger partial charge < -0.3 is 9.30 Å². The summed E-state index contributed by atoms with van der Waals surface area (Å²) in [6.07, 6.45) is 0.400. The molecule has 1 aliphatic heterocycles. The van der Waals surface area contributed by atoms with Crippen LogP contribution in [0.2, 0.25) is 0 Å². The van der Waals surface area contributed by atoms with Gasteiger partial charge in [0, 0.05) is 19.4 Å². The number of carbonyl (C=O) groups is 4. The Morgan fingerprint density at radius 3 is 2.52 bits per heavy atom. The fraction of sp³-hybridized carbons (Fsp3) is 0.450. The second-order valence-corrected chi connectivity index (χ2v) is 8.13. The second-order valence-electron chi connectivity index (χ2n) is 7.12. The highest BCUT2D eigenvalue weighted by Gasteiger charge is 2.30. The van der Waals surface area contributed by atoms with Crippen molar-refractivity contribution in [2.75, 3.05) is 13.7 Å². The van der Waals surface area contributed by atoms with Crippen LogP contribution >= 0.6 is 11.3 Å². The van der Waals surface area contributed by atoms with E-state index in [1.165, 1.54) is 18.4 Å². The van der Waals surface area contributed by atoms with Crippen molar-refractivity contribution in [1.29, 1.82) is 0 Å². The van der Waals surface area contributed by atoms with E-state index in [1.54, 1.807) is 4.57 Å². The lowest BCUT2D eigenvalue weighted by Gasteiger charge is -2.10. The average molecular weight is 417 g/mol. The molecule has 29 heavy (non-hydrogen) atoms. The molecule has 1 aliphatic rings. The predicted octanol–water partition coefficient (Wildman–Crippen LogP) is 1.97. The third kappa shape index (κ3) is 4.61. The van der Waals surface area contributed by atoms with Crippen molar-refractivity contribution in [1.82, 2.24) is 9.47 Å². The van der Waals surface area contributed by atoms with E-state index >= 15 is 0 Å². The molecule has 0 saturated carbocycles. The Balaban J connectivity index is 1.98. The Hall–Kier alpha value is -2.81. The third-order valence-electron chi connectivity index (χ3n) is 4.81. The molecular formula is C20H23N3O5S. The number of likely N-dealkylation sites (tertiary alicyclic amines) is 1. The summed E-state index contributed by atoms with van der Waals surface area (Å²) in [5.41, 5.74) is 2.02. The zero-order valence-corrected chi connectivity index (χ0v) is 17.5. The third-order valence-corrected chi connectivity index (χ3v) is 5.85. The van der Waals surface area contributed by atoms with Crippen LogP contribution in [-0.4, -0.2) is 46.8 Å². The normalized spacial score (nSPS) is 15.0. The number of imide groups is 1. The zero-order valence-electron chi connectivity index (χ0n) is 16.6. The van der Waals surface area contributed by atoms with Gasteiger partial charge >= 0.3 is 5.97 Å². The SMILES string of the molecule is COC(=O)CCn1c(=NC(=O)CN2C(=O)CCC2=O)sc2cc(C(C)C)ccc21. The molecule has 2 aromatic rings. The number of esters is 1. The smallest absolute Gasteiger partial charge is 0.307 e. The fourth-order valence-electron chi connectivity index (χ4n) is 3.13. The van der Waals surface area contributed by atoms with Crippen LogP contribution in [0.15, 0.2) is 23.2 Å². The Bertz CT molecular complexity index is 1030. The highest BCUT2D eigenvalue weighted by Crippen LogP contribution is 2.24. The molecule has 1 saturated heterocycles. The summed E-state index contributed by atoms with van der Waals surface area (Å²) < 4.78 is 7.46. The molecular weight excluding hydrogens is 394 g/mol. The highest BCUT2D eigenvalue weighted by molar-refractivity contribution is 7.16. The predicted molar refractivity (Wildman–Crippen MR) is 107 cm³/mol. The molecule has 0 spiro atoms. The van der Waals surface area contributed by atoms with Gasteiger partial charge in [-0.25, -0.2) is 0 Å².